The molecular weight excluding hydrogens is 516 g/mol. The van der Waals surface area contributed by atoms with Crippen molar-refractivity contribution in [3.8, 4) is 17.6 Å². The van der Waals surface area contributed by atoms with Gasteiger partial charge in [-0.25, -0.2) is 14.8 Å². The minimum Gasteiger partial charge on any atom is -0.487 e. The van der Waals surface area contributed by atoms with Crippen molar-refractivity contribution < 1.29 is 19.0 Å². The third-order valence-corrected chi connectivity index (χ3v) is 7.37. The molecular formula is C33H38N4O4. The number of amides is 1. The van der Waals surface area contributed by atoms with Gasteiger partial charge in [0.2, 0.25) is 5.95 Å². The van der Waals surface area contributed by atoms with Gasteiger partial charge in [0.05, 0.1) is 30.9 Å². The van der Waals surface area contributed by atoms with Crippen LogP contribution in [0.4, 0.5) is 10.7 Å². The number of anilines is 1. The van der Waals surface area contributed by atoms with E-state index in [-0.39, 0.29) is 12.0 Å². The highest BCUT2D eigenvalue weighted by Crippen LogP contribution is 2.39. The molecule has 2 aliphatic rings. The molecule has 2 aliphatic heterocycles. The predicted octanol–water partition coefficient (Wildman–Crippen LogP) is 5.09. The van der Waals surface area contributed by atoms with Crippen molar-refractivity contribution in [3.63, 3.8) is 0 Å². The van der Waals surface area contributed by atoms with E-state index in [1.165, 1.54) is 11.1 Å². The van der Waals surface area contributed by atoms with Crippen molar-refractivity contribution in [1.82, 2.24) is 15.3 Å². The SMILES string of the molecule is CC(C)(C)OC(=O)NCC#Cc1ccc(C(C)(C)c2ccc(OCc3ccnc(N4CC5(COC5)C4)n3)cc2)cc1. The first kappa shape index (κ1) is 28.4. The lowest BCUT2D eigenvalue weighted by atomic mass is 9.78. The van der Waals surface area contributed by atoms with E-state index in [0.717, 1.165) is 49.3 Å². The molecule has 3 aromatic rings. The number of nitrogens with one attached hydrogen (secondary N) is 1. The van der Waals surface area contributed by atoms with Gasteiger partial charge in [0, 0.05) is 30.3 Å². The van der Waals surface area contributed by atoms with Crippen molar-refractivity contribution in [3.05, 3.63) is 83.2 Å². The van der Waals surface area contributed by atoms with Crippen LogP contribution >= 0.6 is 0 Å². The molecule has 1 N–H and O–H groups in total. The molecule has 2 saturated heterocycles. The summed E-state index contributed by atoms with van der Waals surface area (Å²) in [6, 6.07) is 18.3. The Balaban J connectivity index is 1.13. The lowest BCUT2D eigenvalue weighted by Gasteiger charge is -2.54. The molecule has 2 aromatic carbocycles. The maximum absolute atomic E-state index is 11.7. The lowest BCUT2D eigenvalue weighted by Crippen LogP contribution is -2.66. The van der Waals surface area contributed by atoms with Crippen molar-refractivity contribution in [2.24, 2.45) is 5.41 Å². The van der Waals surface area contributed by atoms with Crippen LogP contribution < -0.4 is 15.0 Å². The fourth-order valence-corrected chi connectivity index (χ4v) is 4.93. The largest absolute Gasteiger partial charge is 0.487 e. The first-order valence-electron chi connectivity index (χ1n) is 14.0. The van der Waals surface area contributed by atoms with Crippen LogP contribution in [-0.2, 0) is 21.5 Å². The summed E-state index contributed by atoms with van der Waals surface area (Å²) in [5.74, 6) is 7.61. The Hall–Kier alpha value is -4.09. The summed E-state index contributed by atoms with van der Waals surface area (Å²) in [7, 11) is 0. The van der Waals surface area contributed by atoms with Crippen LogP contribution in [0.15, 0.2) is 60.8 Å². The standard InChI is InChI=1S/C33H38N4O4/c1-31(2,3)41-30(38)35-17-6-7-24-8-10-25(11-9-24)32(4,5)26-12-14-28(15-13-26)40-19-27-16-18-34-29(36-27)37-20-33(21-37)22-39-23-33/h8-16,18H,17,19-23H2,1-5H3,(H,35,38). The van der Waals surface area contributed by atoms with Gasteiger partial charge >= 0.3 is 6.09 Å². The first-order chi connectivity index (χ1) is 19.5. The van der Waals surface area contributed by atoms with Crippen molar-refractivity contribution in [2.75, 3.05) is 37.7 Å². The Morgan fingerprint density at radius 2 is 1.66 bits per heavy atom. The zero-order chi connectivity index (χ0) is 29.1. The fraction of sp³-hybridized carbons (Fsp3) is 0.424. The third kappa shape index (κ3) is 6.98. The number of carbonyl (C=O) groups excluding carboxylic acids is 1. The average molecular weight is 555 g/mol. The second-order valence-electron chi connectivity index (χ2n) is 12.4. The second kappa shape index (κ2) is 11.4. The van der Waals surface area contributed by atoms with E-state index in [1.54, 1.807) is 6.20 Å². The lowest BCUT2D eigenvalue weighted by molar-refractivity contribution is -0.127. The Bertz CT molecular complexity index is 1420. The normalized spacial score (nSPS) is 15.7. The van der Waals surface area contributed by atoms with E-state index in [0.29, 0.717) is 12.0 Å². The molecule has 1 spiro atoms. The number of hydrogen-bond acceptors (Lipinski definition) is 7. The summed E-state index contributed by atoms with van der Waals surface area (Å²) in [6.45, 7) is 14.1. The summed E-state index contributed by atoms with van der Waals surface area (Å²) in [6.07, 6.45) is 1.33. The van der Waals surface area contributed by atoms with E-state index < -0.39 is 11.7 Å². The van der Waals surface area contributed by atoms with Gasteiger partial charge in [0.15, 0.2) is 0 Å². The van der Waals surface area contributed by atoms with Crippen molar-refractivity contribution in [1.29, 1.82) is 0 Å². The van der Waals surface area contributed by atoms with Crippen LogP contribution in [0.2, 0.25) is 0 Å². The maximum atomic E-state index is 11.7. The minimum absolute atomic E-state index is 0.204. The second-order valence-corrected chi connectivity index (χ2v) is 12.4. The Morgan fingerprint density at radius 3 is 2.27 bits per heavy atom. The molecule has 0 aliphatic carbocycles. The van der Waals surface area contributed by atoms with E-state index in [1.807, 2.05) is 51.1 Å². The van der Waals surface area contributed by atoms with Gasteiger partial charge in [-0.1, -0.05) is 50.0 Å². The van der Waals surface area contributed by atoms with Crippen LogP contribution in [-0.4, -0.2) is 54.5 Å². The number of nitrogens with zero attached hydrogens (tertiary/aromatic N) is 3. The molecule has 1 amide bonds. The zero-order valence-electron chi connectivity index (χ0n) is 24.5. The van der Waals surface area contributed by atoms with E-state index >= 15 is 0 Å². The number of hydrogen-bond donors (Lipinski definition) is 1. The number of benzene rings is 2. The fourth-order valence-electron chi connectivity index (χ4n) is 4.93. The molecule has 214 valence electrons. The monoisotopic (exact) mass is 554 g/mol. The van der Waals surface area contributed by atoms with Gasteiger partial charge in [0.1, 0.15) is 18.0 Å². The highest BCUT2D eigenvalue weighted by atomic mass is 16.6. The summed E-state index contributed by atoms with van der Waals surface area (Å²) >= 11 is 0. The molecule has 3 heterocycles. The zero-order valence-corrected chi connectivity index (χ0v) is 24.5. The third-order valence-electron chi connectivity index (χ3n) is 7.37. The van der Waals surface area contributed by atoms with E-state index in [4.69, 9.17) is 19.2 Å². The molecule has 8 nitrogen and oxygen atoms in total. The quantitative estimate of drug-likeness (QED) is 0.407. The molecule has 0 saturated carbocycles. The van der Waals surface area contributed by atoms with Gasteiger partial charge in [-0.15, -0.1) is 0 Å². The van der Waals surface area contributed by atoms with Crippen LogP contribution in [0.5, 0.6) is 5.75 Å². The predicted molar refractivity (Wildman–Crippen MR) is 158 cm³/mol. The summed E-state index contributed by atoms with van der Waals surface area (Å²) in [5, 5.41) is 2.65. The van der Waals surface area contributed by atoms with Crippen molar-refractivity contribution >= 4 is 12.0 Å². The number of aromatic nitrogens is 2. The molecule has 0 atom stereocenters. The maximum Gasteiger partial charge on any atom is 0.408 e. The number of ether oxygens (including phenoxy) is 3. The topological polar surface area (TPSA) is 85.8 Å². The van der Waals surface area contributed by atoms with Gasteiger partial charge < -0.3 is 24.4 Å². The Morgan fingerprint density at radius 1 is 1.00 bits per heavy atom. The average Bonchev–Trinajstić information content (AvgIpc) is 2.88. The van der Waals surface area contributed by atoms with Gasteiger partial charge in [0.25, 0.3) is 0 Å². The molecule has 2 fully saturated rings. The molecule has 5 rings (SSSR count). The van der Waals surface area contributed by atoms with Crippen molar-refractivity contribution in [2.45, 2.75) is 52.2 Å². The summed E-state index contributed by atoms with van der Waals surface area (Å²) in [4.78, 5) is 23.1. The van der Waals surface area contributed by atoms with E-state index in [2.05, 4.69) is 65.2 Å². The highest BCUT2D eigenvalue weighted by Gasteiger charge is 2.49. The number of carbonyl (C=O) groups is 1. The van der Waals surface area contributed by atoms with Crippen LogP contribution in [0.1, 0.15) is 57.0 Å². The summed E-state index contributed by atoms with van der Waals surface area (Å²) < 4.78 is 16.6. The highest BCUT2D eigenvalue weighted by molar-refractivity contribution is 5.68. The molecule has 0 bridgehead atoms. The van der Waals surface area contributed by atoms with Gasteiger partial charge in [-0.2, -0.15) is 0 Å². The minimum atomic E-state index is -0.529. The Kier molecular flexibility index (Phi) is 7.92. The van der Waals surface area contributed by atoms with Crippen LogP contribution in [0.3, 0.4) is 0 Å². The van der Waals surface area contributed by atoms with Gasteiger partial charge in [-0.3, -0.25) is 0 Å². The molecule has 0 radical (unpaired) electrons. The van der Waals surface area contributed by atoms with Gasteiger partial charge in [-0.05, 0) is 62.2 Å². The van der Waals surface area contributed by atoms with E-state index in [9.17, 15) is 4.79 Å². The number of alkyl carbamates (subject to hydrolysis) is 1. The Labute approximate surface area is 242 Å². The van der Waals surface area contributed by atoms with Crippen LogP contribution in [0.25, 0.3) is 0 Å². The molecule has 8 heteroatoms. The summed E-state index contributed by atoms with van der Waals surface area (Å²) in [5.41, 5.74) is 3.69. The van der Waals surface area contributed by atoms with Crippen LogP contribution in [0, 0.1) is 17.3 Å². The number of rotatable bonds is 7. The molecule has 0 unspecified atom stereocenters. The molecule has 41 heavy (non-hydrogen) atoms. The first-order valence-corrected chi connectivity index (χ1v) is 14.0. The molecule has 1 aromatic heterocycles. The smallest absolute Gasteiger partial charge is 0.408 e.